The van der Waals surface area contributed by atoms with Gasteiger partial charge in [-0.15, -0.1) is 0 Å². The maximum atomic E-state index is 6.14. The minimum Gasteiger partial charge on any atom is -0.487 e. The first-order valence-electron chi connectivity index (χ1n) is 8.01. The number of ether oxygens (including phenoxy) is 1. The fourth-order valence-corrected chi connectivity index (χ4v) is 3.93. The van der Waals surface area contributed by atoms with Gasteiger partial charge in [-0.3, -0.25) is 0 Å². The van der Waals surface area contributed by atoms with Crippen LogP contribution in [-0.4, -0.2) is 23.1 Å². The summed E-state index contributed by atoms with van der Waals surface area (Å²) in [6, 6.07) is 6.53. The minimum atomic E-state index is -0.0612. The Balaban J connectivity index is 2.01. The van der Waals surface area contributed by atoms with Crippen LogP contribution in [0.4, 0.5) is 0 Å². The van der Waals surface area contributed by atoms with Gasteiger partial charge >= 0.3 is 0 Å². The molecule has 0 radical (unpaired) electrons. The van der Waals surface area contributed by atoms with Gasteiger partial charge in [-0.2, -0.15) is 11.8 Å². The molecule has 3 heteroatoms. The Morgan fingerprint density at radius 2 is 2.00 bits per heavy atom. The Kier molecular flexibility index (Phi) is 5.26. The predicted octanol–water partition coefficient (Wildman–Crippen LogP) is 4.41. The van der Waals surface area contributed by atoms with Crippen LogP contribution in [0.25, 0.3) is 0 Å². The Hall–Kier alpha value is -0.670. The normalized spacial score (nSPS) is 16.6. The molecule has 0 atom stereocenters. The molecule has 1 N–H and O–H groups in total. The second-order valence-electron chi connectivity index (χ2n) is 6.64. The number of hydrogen-bond donors (Lipinski definition) is 1. The first kappa shape index (κ1) is 16.7. The van der Waals surface area contributed by atoms with Crippen LogP contribution in [0, 0.1) is 0 Å². The Bertz CT molecular complexity index is 472. The lowest BCUT2D eigenvalue weighted by atomic mass is 10.00. The van der Waals surface area contributed by atoms with Gasteiger partial charge in [0.1, 0.15) is 11.4 Å². The van der Waals surface area contributed by atoms with E-state index < -0.39 is 0 Å². The molecule has 2 nitrogen and oxygen atoms in total. The van der Waals surface area contributed by atoms with Gasteiger partial charge in [0.2, 0.25) is 0 Å². The highest BCUT2D eigenvalue weighted by Gasteiger charge is 2.31. The van der Waals surface area contributed by atoms with Crippen molar-refractivity contribution >= 4 is 11.8 Å². The zero-order valence-electron chi connectivity index (χ0n) is 14.1. The van der Waals surface area contributed by atoms with Gasteiger partial charge < -0.3 is 10.1 Å². The van der Waals surface area contributed by atoms with Crippen LogP contribution in [-0.2, 0) is 13.0 Å². The third kappa shape index (κ3) is 3.75. The molecule has 118 valence electrons. The number of rotatable bonds is 7. The summed E-state index contributed by atoms with van der Waals surface area (Å²) in [5.74, 6) is 1.11. The molecule has 0 aliphatic carbocycles. The van der Waals surface area contributed by atoms with Gasteiger partial charge in [0.05, 0.1) is 0 Å². The maximum absolute atomic E-state index is 6.14. The molecular formula is C18H29NOS. The molecule has 1 aromatic rings. The van der Waals surface area contributed by atoms with E-state index in [1.165, 1.54) is 24.0 Å². The molecule has 0 unspecified atom stereocenters. The topological polar surface area (TPSA) is 21.3 Å². The lowest BCUT2D eigenvalue weighted by Gasteiger charge is -2.30. The smallest absolute Gasteiger partial charge is 0.127 e. The summed E-state index contributed by atoms with van der Waals surface area (Å²) in [5.41, 5.74) is 2.58. The van der Waals surface area contributed by atoms with Crippen molar-refractivity contribution in [3.05, 3.63) is 29.3 Å². The van der Waals surface area contributed by atoms with Crippen molar-refractivity contribution in [2.45, 2.75) is 63.9 Å². The van der Waals surface area contributed by atoms with Crippen molar-refractivity contribution in [3.63, 3.8) is 0 Å². The minimum absolute atomic E-state index is 0.0612. The molecule has 0 saturated heterocycles. The highest BCUT2D eigenvalue weighted by Crippen LogP contribution is 2.37. The number of nitrogens with one attached hydrogen (secondary N) is 1. The SMILES string of the molecule is CCC(CC)(CNCc1cccc2c1OC(C)(C)C2)SC. The molecule has 21 heavy (non-hydrogen) atoms. The first-order valence-corrected chi connectivity index (χ1v) is 9.23. The molecule has 0 amide bonds. The van der Waals surface area contributed by atoms with Gasteiger partial charge in [0.15, 0.2) is 0 Å². The van der Waals surface area contributed by atoms with Crippen molar-refractivity contribution in [2.75, 3.05) is 12.8 Å². The zero-order valence-corrected chi connectivity index (χ0v) is 14.9. The summed E-state index contributed by atoms with van der Waals surface area (Å²) in [7, 11) is 0. The second kappa shape index (κ2) is 6.62. The number of fused-ring (bicyclic) bond motifs is 1. The number of para-hydroxylation sites is 1. The van der Waals surface area contributed by atoms with E-state index in [4.69, 9.17) is 4.74 Å². The second-order valence-corrected chi connectivity index (χ2v) is 7.92. The van der Waals surface area contributed by atoms with Crippen molar-refractivity contribution < 1.29 is 4.74 Å². The number of benzene rings is 1. The highest BCUT2D eigenvalue weighted by molar-refractivity contribution is 8.00. The summed E-state index contributed by atoms with van der Waals surface area (Å²) in [6.07, 6.45) is 5.64. The lowest BCUT2D eigenvalue weighted by molar-refractivity contribution is 0.137. The van der Waals surface area contributed by atoms with Crippen LogP contribution in [0.5, 0.6) is 5.75 Å². The van der Waals surface area contributed by atoms with E-state index >= 15 is 0 Å². The van der Waals surface area contributed by atoms with Crippen LogP contribution < -0.4 is 10.1 Å². The Morgan fingerprint density at radius 1 is 1.29 bits per heavy atom. The van der Waals surface area contributed by atoms with E-state index in [-0.39, 0.29) is 5.60 Å². The summed E-state index contributed by atoms with van der Waals surface area (Å²) in [4.78, 5) is 0. The standard InChI is InChI=1S/C18H29NOS/c1-6-18(7-2,21-5)13-19-12-15-10-8-9-14-11-17(3,4)20-16(14)15/h8-10,19H,6-7,11-13H2,1-5H3. The Labute approximate surface area is 134 Å². The van der Waals surface area contributed by atoms with E-state index in [0.29, 0.717) is 4.75 Å². The van der Waals surface area contributed by atoms with Gasteiger partial charge in [0.25, 0.3) is 0 Å². The number of hydrogen-bond acceptors (Lipinski definition) is 3. The summed E-state index contributed by atoms with van der Waals surface area (Å²) in [5, 5.41) is 3.65. The lowest BCUT2D eigenvalue weighted by Crippen LogP contribution is -2.36. The van der Waals surface area contributed by atoms with E-state index in [1.54, 1.807) is 0 Å². The quantitative estimate of drug-likeness (QED) is 0.806. The van der Waals surface area contributed by atoms with Gasteiger partial charge in [-0.1, -0.05) is 32.0 Å². The average Bonchev–Trinajstić information content (AvgIpc) is 2.79. The summed E-state index contributed by atoms with van der Waals surface area (Å²) in [6.45, 7) is 10.8. The van der Waals surface area contributed by atoms with Gasteiger partial charge in [0, 0.05) is 29.8 Å². The molecule has 0 saturated carbocycles. The predicted molar refractivity (Wildman–Crippen MR) is 93.4 cm³/mol. The van der Waals surface area contributed by atoms with Gasteiger partial charge in [-0.25, -0.2) is 0 Å². The van der Waals surface area contributed by atoms with Crippen LogP contribution in [0.2, 0.25) is 0 Å². The van der Waals surface area contributed by atoms with E-state index in [2.05, 4.69) is 57.5 Å². The zero-order chi connectivity index (χ0) is 15.5. The molecule has 0 bridgehead atoms. The molecular weight excluding hydrogens is 278 g/mol. The third-order valence-electron chi connectivity index (χ3n) is 4.66. The average molecular weight is 308 g/mol. The molecule has 1 aliphatic rings. The molecule has 0 fully saturated rings. The molecule has 1 heterocycles. The van der Waals surface area contributed by atoms with Gasteiger partial charge in [-0.05, 0) is 38.5 Å². The van der Waals surface area contributed by atoms with E-state index in [0.717, 1.165) is 25.3 Å². The first-order chi connectivity index (χ1) is 9.95. The van der Waals surface area contributed by atoms with Crippen molar-refractivity contribution in [1.82, 2.24) is 5.32 Å². The maximum Gasteiger partial charge on any atom is 0.127 e. The van der Waals surface area contributed by atoms with Crippen LogP contribution in [0.3, 0.4) is 0 Å². The number of thioether (sulfide) groups is 1. The molecule has 0 spiro atoms. The largest absolute Gasteiger partial charge is 0.487 e. The fourth-order valence-electron chi connectivity index (χ4n) is 3.10. The fraction of sp³-hybridized carbons (Fsp3) is 0.667. The summed E-state index contributed by atoms with van der Waals surface area (Å²) >= 11 is 1.98. The summed E-state index contributed by atoms with van der Waals surface area (Å²) < 4.78 is 6.50. The molecule has 1 aliphatic heterocycles. The Morgan fingerprint density at radius 3 is 2.62 bits per heavy atom. The monoisotopic (exact) mass is 307 g/mol. The van der Waals surface area contributed by atoms with E-state index in [1.807, 2.05) is 11.8 Å². The molecule has 1 aromatic carbocycles. The van der Waals surface area contributed by atoms with E-state index in [9.17, 15) is 0 Å². The molecule has 2 rings (SSSR count). The van der Waals surface area contributed by atoms with Crippen molar-refractivity contribution in [2.24, 2.45) is 0 Å². The highest BCUT2D eigenvalue weighted by atomic mass is 32.2. The third-order valence-corrected chi connectivity index (χ3v) is 6.24. The van der Waals surface area contributed by atoms with Crippen molar-refractivity contribution in [3.8, 4) is 5.75 Å². The molecule has 0 aromatic heterocycles. The van der Waals surface area contributed by atoms with Crippen LogP contribution in [0.1, 0.15) is 51.7 Å². The van der Waals surface area contributed by atoms with Crippen molar-refractivity contribution in [1.29, 1.82) is 0 Å². The van der Waals surface area contributed by atoms with Crippen LogP contribution in [0.15, 0.2) is 18.2 Å². The van der Waals surface area contributed by atoms with Crippen LogP contribution >= 0.6 is 11.8 Å².